The van der Waals surface area contributed by atoms with Crippen LogP contribution < -0.4 is 0 Å². The molecule has 0 aliphatic heterocycles. The minimum atomic E-state index is -4.68. The van der Waals surface area contributed by atoms with Gasteiger partial charge in [0.05, 0.1) is 5.39 Å². The normalized spacial score (nSPS) is 17.0. The van der Waals surface area contributed by atoms with E-state index in [4.69, 9.17) is 19.8 Å². The van der Waals surface area contributed by atoms with Gasteiger partial charge in [-0.05, 0) is 23.7 Å². The van der Waals surface area contributed by atoms with E-state index in [0.29, 0.717) is 0 Å². The molecule has 9 heteroatoms. The van der Waals surface area contributed by atoms with Crippen molar-refractivity contribution in [3.63, 3.8) is 0 Å². The quantitative estimate of drug-likeness (QED) is 0.669. The molecule has 0 bridgehead atoms. The SMILES string of the molecule is [2H]C([2H])([2H])S(=O)(=Nc1cccc(-n2cc(F)c3cnc(Cl)nc32)n1)C([2H])([2H])[2H]. The molecule has 114 valence electrons. The van der Waals surface area contributed by atoms with Crippen LogP contribution in [0.1, 0.15) is 8.22 Å². The predicted molar refractivity (Wildman–Crippen MR) is 83.7 cm³/mol. The zero-order valence-electron chi connectivity index (χ0n) is 16.7. The maximum Gasteiger partial charge on any atom is 0.224 e. The lowest BCUT2D eigenvalue weighted by molar-refractivity contribution is 0.635. The van der Waals surface area contributed by atoms with Crippen LogP contribution in [0.2, 0.25) is 5.28 Å². The van der Waals surface area contributed by atoms with E-state index in [1.54, 1.807) is 0 Å². The second-order valence-electron chi connectivity index (χ2n) is 4.19. The Hall–Kier alpha value is -2.06. The van der Waals surface area contributed by atoms with Crippen LogP contribution in [0.15, 0.2) is 35.0 Å². The highest BCUT2D eigenvalue weighted by molar-refractivity contribution is 7.92. The highest BCUT2D eigenvalue weighted by Gasteiger charge is 2.13. The van der Waals surface area contributed by atoms with Crippen molar-refractivity contribution in [3.8, 4) is 5.82 Å². The van der Waals surface area contributed by atoms with Crippen LogP contribution in [-0.4, -0.2) is 36.1 Å². The Kier molecular flexibility index (Phi) is 2.20. The second kappa shape index (κ2) is 5.29. The molecule has 0 N–H and O–H groups in total. The van der Waals surface area contributed by atoms with Gasteiger partial charge in [-0.2, -0.15) is 9.35 Å². The molecule has 0 amide bonds. The molecule has 0 fully saturated rings. The molecule has 0 aromatic carbocycles. The Morgan fingerprint density at radius 2 is 2.23 bits per heavy atom. The number of nitrogens with zero attached hydrogens (tertiary/aromatic N) is 5. The van der Waals surface area contributed by atoms with Crippen LogP contribution >= 0.6 is 11.6 Å². The van der Waals surface area contributed by atoms with E-state index in [2.05, 4.69) is 19.3 Å². The standard InChI is InChI=1S/C13H11ClFN5OS/c1-22(2,21)19-10-4-3-5-11(17-10)20-7-9(15)8-6-16-13(14)18-12(8)20/h3-7H,1-2H3/i1D3,2D3. The van der Waals surface area contributed by atoms with E-state index in [-0.39, 0.29) is 22.1 Å². The van der Waals surface area contributed by atoms with Crippen LogP contribution in [0.5, 0.6) is 0 Å². The minimum Gasteiger partial charge on any atom is -0.282 e. The molecule has 3 aromatic rings. The molecule has 0 spiro atoms. The summed E-state index contributed by atoms with van der Waals surface area (Å²) in [5.41, 5.74) is 0.0783. The number of hydrogen-bond acceptors (Lipinski definition) is 5. The van der Waals surface area contributed by atoms with Crippen LogP contribution in [0.4, 0.5) is 10.2 Å². The average Bonchev–Trinajstić information content (AvgIpc) is 2.89. The fraction of sp³-hybridized carbons (Fsp3) is 0.154. The summed E-state index contributed by atoms with van der Waals surface area (Å²) in [6.45, 7) is 0. The van der Waals surface area contributed by atoms with Crippen molar-refractivity contribution in [2.45, 2.75) is 0 Å². The molecule has 3 heterocycles. The summed E-state index contributed by atoms with van der Waals surface area (Å²) in [5, 5.41) is -0.0807. The van der Waals surface area contributed by atoms with Crippen molar-refractivity contribution in [1.82, 2.24) is 19.5 Å². The number of fused-ring (bicyclic) bond motifs is 1. The molecule has 3 aromatic heterocycles. The van der Waals surface area contributed by atoms with Crippen molar-refractivity contribution in [1.29, 1.82) is 0 Å². The second-order valence-corrected chi connectivity index (χ2v) is 5.77. The number of hydrogen-bond donors (Lipinski definition) is 0. The third-order valence-corrected chi connectivity index (χ3v) is 3.28. The summed E-state index contributed by atoms with van der Waals surface area (Å²) in [6, 6.07) is 3.97. The van der Waals surface area contributed by atoms with Crippen LogP contribution in [0.3, 0.4) is 0 Å². The maximum atomic E-state index is 14.1. The van der Waals surface area contributed by atoms with E-state index in [9.17, 15) is 8.60 Å². The van der Waals surface area contributed by atoms with E-state index in [1.165, 1.54) is 29.0 Å². The average molecular weight is 346 g/mol. The molecule has 0 atom stereocenters. The first-order valence-electron chi connectivity index (χ1n) is 8.76. The molecule has 3 rings (SSSR count). The first-order valence-corrected chi connectivity index (χ1v) is 7.66. The Labute approximate surface area is 139 Å². The maximum absolute atomic E-state index is 14.1. The highest BCUT2D eigenvalue weighted by atomic mass is 35.5. The largest absolute Gasteiger partial charge is 0.282 e. The highest BCUT2D eigenvalue weighted by Crippen LogP contribution is 2.23. The van der Waals surface area contributed by atoms with Crippen molar-refractivity contribution in [2.24, 2.45) is 4.36 Å². The minimum absolute atomic E-state index is 0.0303. The van der Waals surface area contributed by atoms with Crippen molar-refractivity contribution < 1.29 is 16.8 Å². The van der Waals surface area contributed by atoms with E-state index >= 15 is 0 Å². The summed E-state index contributed by atoms with van der Waals surface area (Å²) >= 11 is 5.75. The molecule has 6 nitrogen and oxygen atoms in total. The Balaban J connectivity index is 2.22. The number of aromatic nitrogens is 4. The van der Waals surface area contributed by atoms with Gasteiger partial charge in [0, 0.05) is 42.7 Å². The summed E-state index contributed by atoms with van der Waals surface area (Å²) in [5.74, 6) is -1.04. The fourth-order valence-corrected chi connectivity index (χ4v) is 2.35. The lowest BCUT2D eigenvalue weighted by Gasteiger charge is -2.04. The molecule has 0 radical (unpaired) electrons. The molecular formula is C13H11ClFN5OS. The number of pyridine rings is 1. The number of rotatable bonds is 2. The van der Waals surface area contributed by atoms with E-state index in [1.807, 2.05) is 0 Å². The molecular weight excluding hydrogens is 329 g/mol. The first-order chi connectivity index (χ1) is 12.8. The van der Waals surface area contributed by atoms with Gasteiger partial charge in [0.2, 0.25) is 5.28 Å². The van der Waals surface area contributed by atoms with Crippen LogP contribution in [-0.2, 0) is 9.73 Å². The summed E-state index contributed by atoms with van der Waals surface area (Å²) in [7, 11) is -4.68. The van der Waals surface area contributed by atoms with Gasteiger partial charge in [-0.25, -0.2) is 18.6 Å². The van der Waals surface area contributed by atoms with Crippen LogP contribution in [0.25, 0.3) is 16.9 Å². The third-order valence-electron chi connectivity index (χ3n) is 2.66. The molecule has 0 unspecified atom stereocenters. The zero-order valence-corrected chi connectivity index (χ0v) is 12.3. The summed E-state index contributed by atoms with van der Waals surface area (Å²) < 4.78 is 75.4. The topological polar surface area (TPSA) is 73.0 Å². The Morgan fingerprint density at radius 3 is 3.00 bits per heavy atom. The van der Waals surface area contributed by atoms with Gasteiger partial charge in [-0.1, -0.05) is 6.07 Å². The predicted octanol–water partition coefficient (Wildman–Crippen LogP) is 2.97. The molecule has 0 aliphatic carbocycles. The van der Waals surface area contributed by atoms with E-state index in [0.717, 1.165) is 6.20 Å². The zero-order chi connectivity index (χ0) is 20.9. The van der Waals surface area contributed by atoms with Gasteiger partial charge in [0.25, 0.3) is 0 Å². The molecule has 0 saturated carbocycles. The lowest BCUT2D eigenvalue weighted by Crippen LogP contribution is -1.98. The molecule has 0 aliphatic rings. The first kappa shape index (κ1) is 9.16. The Bertz CT molecular complexity index is 1160. The van der Waals surface area contributed by atoms with Gasteiger partial charge in [-0.3, -0.25) is 4.57 Å². The Morgan fingerprint density at radius 1 is 1.41 bits per heavy atom. The molecule has 0 saturated heterocycles. The van der Waals surface area contributed by atoms with E-state index < -0.39 is 33.7 Å². The fourth-order valence-electron chi connectivity index (χ4n) is 1.85. The van der Waals surface area contributed by atoms with Gasteiger partial charge < -0.3 is 0 Å². The third kappa shape index (κ3) is 2.93. The van der Waals surface area contributed by atoms with Crippen LogP contribution in [0, 0.1) is 5.82 Å². The lowest BCUT2D eigenvalue weighted by atomic mass is 10.4. The summed E-state index contributed by atoms with van der Waals surface area (Å²) in [6.07, 6.45) is -4.51. The monoisotopic (exact) mass is 345 g/mol. The van der Waals surface area contributed by atoms with Gasteiger partial charge in [0.1, 0.15) is 5.82 Å². The summed E-state index contributed by atoms with van der Waals surface area (Å²) in [4.78, 5) is 11.6. The number of halogens is 2. The smallest absolute Gasteiger partial charge is 0.224 e. The van der Waals surface area contributed by atoms with Crippen molar-refractivity contribution in [3.05, 3.63) is 41.7 Å². The van der Waals surface area contributed by atoms with Crippen molar-refractivity contribution in [2.75, 3.05) is 12.4 Å². The van der Waals surface area contributed by atoms with Gasteiger partial charge >= 0.3 is 0 Å². The molecule has 22 heavy (non-hydrogen) atoms. The van der Waals surface area contributed by atoms with Crippen molar-refractivity contribution >= 4 is 38.2 Å². The van der Waals surface area contributed by atoms with Gasteiger partial charge in [-0.15, -0.1) is 0 Å². The van der Waals surface area contributed by atoms with Gasteiger partial charge in [0.15, 0.2) is 17.3 Å².